The van der Waals surface area contributed by atoms with Crippen LogP contribution in [0.1, 0.15) is 20.3 Å². The highest BCUT2D eigenvalue weighted by molar-refractivity contribution is 9.10. The summed E-state index contributed by atoms with van der Waals surface area (Å²) in [5.41, 5.74) is 5.85. The van der Waals surface area contributed by atoms with Crippen molar-refractivity contribution in [3.63, 3.8) is 0 Å². The van der Waals surface area contributed by atoms with Crippen LogP contribution in [-0.2, 0) is 10.0 Å². The molecule has 0 amide bonds. The summed E-state index contributed by atoms with van der Waals surface area (Å²) in [6.07, 6.45) is 0.691. The summed E-state index contributed by atoms with van der Waals surface area (Å²) < 4.78 is 27.5. The third-order valence-electron chi connectivity index (χ3n) is 3.73. The van der Waals surface area contributed by atoms with Gasteiger partial charge in [-0.2, -0.15) is 4.31 Å². The first-order chi connectivity index (χ1) is 8.75. The van der Waals surface area contributed by atoms with Crippen molar-refractivity contribution in [2.45, 2.75) is 31.2 Å². The number of sulfonamides is 1. The van der Waals surface area contributed by atoms with Crippen LogP contribution < -0.4 is 5.73 Å². The topological polar surface area (TPSA) is 63.4 Å². The second kappa shape index (κ2) is 6.32. The van der Waals surface area contributed by atoms with Gasteiger partial charge in [0.25, 0.3) is 0 Å². The standard InChI is InChI=1S/C13H19BrN2O2S.ClH/c1-13(2)9-16(8-7-12(13)15)19(17,18)11-6-4-3-5-10(11)14;/h3-6,12H,7-9,15H2,1-2H3;1H. The first-order valence-corrected chi connectivity index (χ1v) is 8.49. The van der Waals surface area contributed by atoms with Crippen molar-refractivity contribution < 1.29 is 8.42 Å². The average molecular weight is 384 g/mol. The molecule has 1 aromatic carbocycles. The molecule has 4 nitrogen and oxygen atoms in total. The lowest BCUT2D eigenvalue weighted by atomic mass is 9.81. The maximum atomic E-state index is 12.7. The second-order valence-corrected chi connectivity index (χ2v) is 8.41. The fourth-order valence-corrected chi connectivity index (χ4v) is 4.91. The van der Waals surface area contributed by atoms with Crippen LogP contribution in [0, 0.1) is 5.41 Å². The Labute approximate surface area is 135 Å². The van der Waals surface area contributed by atoms with Gasteiger partial charge in [0.1, 0.15) is 0 Å². The van der Waals surface area contributed by atoms with Crippen LogP contribution in [0.3, 0.4) is 0 Å². The molecule has 1 unspecified atom stereocenters. The highest BCUT2D eigenvalue weighted by atomic mass is 79.9. The minimum Gasteiger partial charge on any atom is -0.327 e. The first kappa shape index (κ1) is 17.9. The molecule has 0 bridgehead atoms. The lowest BCUT2D eigenvalue weighted by Gasteiger charge is -2.41. The van der Waals surface area contributed by atoms with Crippen LogP contribution in [0.25, 0.3) is 0 Å². The molecular weight excluding hydrogens is 364 g/mol. The average Bonchev–Trinajstić information content (AvgIpc) is 2.32. The van der Waals surface area contributed by atoms with Crippen molar-refractivity contribution in [1.29, 1.82) is 0 Å². The molecule has 7 heteroatoms. The Morgan fingerprint density at radius 1 is 1.35 bits per heavy atom. The number of hydrogen-bond donors (Lipinski definition) is 1. The molecular formula is C13H20BrClN2O2S. The molecule has 1 aromatic rings. The van der Waals surface area contributed by atoms with Crippen LogP contribution in [0.5, 0.6) is 0 Å². The zero-order chi connectivity index (χ0) is 14.3. The molecule has 1 atom stereocenters. The van der Waals surface area contributed by atoms with Gasteiger partial charge >= 0.3 is 0 Å². The molecule has 0 radical (unpaired) electrons. The predicted molar refractivity (Wildman–Crippen MR) is 86.5 cm³/mol. The van der Waals surface area contributed by atoms with Crippen molar-refractivity contribution in [1.82, 2.24) is 4.31 Å². The summed E-state index contributed by atoms with van der Waals surface area (Å²) in [6.45, 7) is 4.96. The lowest BCUT2D eigenvalue weighted by molar-refractivity contribution is 0.155. The molecule has 0 aliphatic carbocycles. The molecule has 20 heavy (non-hydrogen) atoms. The quantitative estimate of drug-likeness (QED) is 0.854. The van der Waals surface area contributed by atoms with Gasteiger partial charge in [-0.3, -0.25) is 0 Å². The Balaban J connectivity index is 0.00000200. The summed E-state index contributed by atoms with van der Waals surface area (Å²) >= 11 is 3.31. The van der Waals surface area contributed by atoms with Gasteiger partial charge in [-0.1, -0.05) is 26.0 Å². The van der Waals surface area contributed by atoms with E-state index in [1.807, 2.05) is 13.8 Å². The Hall–Kier alpha value is -0.140. The van der Waals surface area contributed by atoms with Crippen molar-refractivity contribution in [2.24, 2.45) is 11.1 Å². The predicted octanol–water partition coefficient (Wildman–Crippen LogP) is 2.62. The summed E-state index contributed by atoms with van der Waals surface area (Å²) in [4.78, 5) is 0.321. The third-order valence-corrected chi connectivity index (χ3v) is 6.59. The molecule has 114 valence electrons. The van der Waals surface area contributed by atoms with Gasteiger partial charge in [-0.05, 0) is 39.9 Å². The van der Waals surface area contributed by atoms with Crippen molar-refractivity contribution in [3.8, 4) is 0 Å². The molecule has 1 aliphatic rings. The summed E-state index contributed by atoms with van der Waals surface area (Å²) in [5, 5.41) is 0. The van der Waals surface area contributed by atoms with E-state index in [1.54, 1.807) is 24.3 Å². The number of halogens is 2. The van der Waals surface area contributed by atoms with Gasteiger partial charge in [0.05, 0.1) is 4.90 Å². The maximum Gasteiger partial charge on any atom is 0.244 e. The number of nitrogens with zero attached hydrogens (tertiary/aromatic N) is 1. The molecule has 0 spiro atoms. The van der Waals surface area contributed by atoms with Crippen LogP contribution in [0.2, 0.25) is 0 Å². The number of rotatable bonds is 2. The van der Waals surface area contributed by atoms with E-state index in [0.29, 0.717) is 28.9 Å². The second-order valence-electron chi connectivity index (χ2n) is 5.65. The van der Waals surface area contributed by atoms with Gasteiger partial charge in [0.15, 0.2) is 0 Å². The molecule has 0 saturated carbocycles. The summed E-state index contributed by atoms with van der Waals surface area (Å²) in [5.74, 6) is 0. The molecule has 1 aliphatic heterocycles. The Morgan fingerprint density at radius 2 is 1.95 bits per heavy atom. The van der Waals surface area contributed by atoms with Gasteiger partial charge in [-0.15, -0.1) is 12.4 Å². The fraction of sp³-hybridized carbons (Fsp3) is 0.538. The largest absolute Gasteiger partial charge is 0.327 e. The molecule has 0 aromatic heterocycles. The van der Waals surface area contributed by atoms with E-state index in [-0.39, 0.29) is 23.9 Å². The van der Waals surface area contributed by atoms with E-state index < -0.39 is 10.0 Å². The number of hydrogen-bond acceptors (Lipinski definition) is 3. The highest BCUT2D eigenvalue weighted by Gasteiger charge is 2.39. The highest BCUT2D eigenvalue weighted by Crippen LogP contribution is 2.33. The van der Waals surface area contributed by atoms with E-state index in [1.165, 1.54) is 4.31 Å². The van der Waals surface area contributed by atoms with Crippen LogP contribution in [-0.4, -0.2) is 31.9 Å². The molecule has 2 rings (SSSR count). The van der Waals surface area contributed by atoms with Gasteiger partial charge in [-0.25, -0.2) is 8.42 Å². The normalized spacial score (nSPS) is 23.1. The van der Waals surface area contributed by atoms with Gasteiger partial charge < -0.3 is 5.73 Å². The van der Waals surface area contributed by atoms with E-state index in [9.17, 15) is 8.42 Å². The minimum atomic E-state index is -3.46. The Bertz CT molecular complexity index is 577. The van der Waals surface area contributed by atoms with Crippen molar-refractivity contribution in [2.75, 3.05) is 13.1 Å². The number of piperidine rings is 1. The lowest BCUT2D eigenvalue weighted by Crippen LogP contribution is -2.53. The van der Waals surface area contributed by atoms with Crippen molar-refractivity contribution >= 4 is 38.4 Å². The number of benzene rings is 1. The van der Waals surface area contributed by atoms with Gasteiger partial charge in [0, 0.05) is 23.6 Å². The van der Waals surface area contributed by atoms with E-state index >= 15 is 0 Å². The zero-order valence-electron chi connectivity index (χ0n) is 11.5. The molecule has 2 N–H and O–H groups in total. The Kier molecular flexibility index (Phi) is 5.66. The maximum absolute atomic E-state index is 12.7. The minimum absolute atomic E-state index is 0. The van der Waals surface area contributed by atoms with E-state index in [2.05, 4.69) is 15.9 Å². The zero-order valence-corrected chi connectivity index (χ0v) is 14.8. The first-order valence-electron chi connectivity index (χ1n) is 6.25. The third kappa shape index (κ3) is 3.36. The van der Waals surface area contributed by atoms with Crippen molar-refractivity contribution in [3.05, 3.63) is 28.7 Å². The summed E-state index contributed by atoms with van der Waals surface area (Å²) in [7, 11) is -3.46. The van der Waals surface area contributed by atoms with Crippen LogP contribution >= 0.6 is 28.3 Å². The molecule has 1 saturated heterocycles. The SMILES string of the molecule is CC1(C)CN(S(=O)(=O)c2ccccc2Br)CCC1N.Cl. The van der Waals surface area contributed by atoms with E-state index in [4.69, 9.17) is 5.73 Å². The van der Waals surface area contributed by atoms with Crippen LogP contribution in [0.4, 0.5) is 0 Å². The summed E-state index contributed by atoms with van der Waals surface area (Å²) in [6, 6.07) is 6.95. The Morgan fingerprint density at radius 3 is 2.50 bits per heavy atom. The van der Waals surface area contributed by atoms with Gasteiger partial charge in [0.2, 0.25) is 10.0 Å². The van der Waals surface area contributed by atoms with Crippen LogP contribution in [0.15, 0.2) is 33.6 Å². The monoisotopic (exact) mass is 382 g/mol. The fourth-order valence-electron chi connectivity index (χ4n) is 2.32. The number of nitrogens with two attached hydrogens (primary N) is 1. The smallest absolute Gasteiger partial charge is 0.244 e. The van der Waals surface area contributed by atoms with E-state index in [0.717, 1.165) is 0 Å². The molecule has 1 fully saturated rings. The molecule has 1 heterocycles.